The number of aliphatic carboxylic acids is 1. The van der Waals surface area contributed by atoms with Gasteiger partial charge >= 0.3 is 5.97 Å². The molecular weight excluding hydrogens is 272 g/mol. The first-order chi connectivity index (χ1) is 9.46. The minimum Gasteiger partial charge on any atom is -0.481 e. The number of hydrogen-bond acceptors (Lipinski definition) is 4. The summed E-state index contributed by atoms with van der Waals surface area (Å²) in [5.74, 6) is -3.01. The fourth-order valence-electron chi connectivity index (χ4n) is 1.93. The molecule has 0 spiro atoms. The Bertz CT molecular complexity index is 449. The number of nitrogens with two attached hydrogens (primary N) is 1. The predicted molar refractivity (Wildman–Crippen MR) is 67.2 cm³/mol. The maximum Gasteiger partial charge on any atom is 0.315 e. The van der Waals surface area contributed by atoms with E-state index in [0.29, 0.717) is 6.07 Å². The normalized spacial score (nSPS) is 14.0. The Balaban J connectivity index is 3.06. The summed E-state index contributed by atoms with van der Waals surface area (Å²) in [4.78, 5) is 11.5. The van der Waals surface area contributed by atoms with Crippen LogP contribution >= 0.6 is 0 Å². The molecular formula is C13H17F2NO4. The number of aliphatic hydroxyl groups excluding tert-OH is 1. The molecule has 5 nitrogen and oxygen atoms in total. The number of halogens is 2. The van der Waals surface area contributed by atoms with E-state index in [4.69, 9.17) is 15.6 Å². The van der Waals surface area contributed by atoms with Gasteiger partial charge in [-0.05, 0) is 24.1 Å². The number of carbonyl (C=O) groups is 1. The molecule has 0 aromatic heterocycles. The second kappa shape index (κ2) is 7.28. The molecule has 0 heterocycles. The summed E-state index contributed by atoms with van der Waals surface area (Å²) in [6.45, 7) is -0.467. The summed E-state index contributed by atoms with van der Waals surface area (Å²) in [6, 6.07) is 2.57. The van der Waals surface area contributed by atoms with Crippen molar-refractivity contribution in [3.05, 3.63) is 35.4 Å². The number of carboxylic acid groups (broad SMARTS) is 1. The van der Waals surface area contributed by atoms with Crippen LogP contribution < -0.4 is 5.73 Å². The van der Waals surface area contributed by atoms with E-state index in [1.54, 1.807) is 0 Å². The second-order valence-corrected chi connectivity index (χ2v) is 4.34. The smallest absolute Gasteiger partial charge is 0.315 e. The van der Waals surface area contributed by atoms with E-state index in [-0.39, 0.29) is 38.3 Å². The van der Waals surface area contributed by atoms with Crippen molar-refractivity contribution >= 4 is 5.97 Å². The van der Waals surface area contributed by atoms with Gasteiger partial charge in [0.2, 0.25) is 0 Å². The van der Waals surface area contributed by atoms with Gasteiger partial charge in [0.05, 0.1) is 13.2 Å². The molecule has 0 saturated carbocycles. The molecule has 1 atom stereocenters. The first kappa shape index (κ1) is 16.5. The Morgan fingerprint density at radius 3 is 2.30 bits per heavy atom. The molecule has 0 radical (unpaired) electrons. The van der Waals surface area contributed by atoms with Crippen molar-refractivity contribution in [2.24, 2.45) is 5.73 Å². The van der Waals surface area contributed by atoms with Crippen LogP contribution in [0.5, 0.6) is 0 Å². The molecule has 0 aliphatic carbocycles. The summed E-state index contributed by atoms with van der Waals surface area (Å²) in [7, 11) is 0. The Morgan fingerprint density at radius 1 is 1.25 bits per heavy atom. The van der Waals surface area contributed by atoms with Gasteiger partial charge in [0.1, 0.15) is 17.0 Å². The lowest BCUT2D eigenvalue weighted by atomic mass is 9.77. The molecule has 1 rings (SSSR count). The van der Waals surface area contributed by atoms with Crippen molar-refractivity contribution in [1.29, 1.82) is 0 Å². The maximum atomic E-state index is 13.3. The van der Waals surface area contributed by atoms with Crippen molar-refractivity contribution in [2.45, 2.75) is 11.8 Å². The molecule has 112 valence electrons. The maximum absolute atomic E-state index is 13.3. The van der Waals surface area contributed by atoms with E-state index in [2.05, 4.69) is 0 Å². The average molecular weight is 289 g/mol. The second-order valence-electron chi connectivity index (χ2n) is 4.34. The predicted octanol–water partition coefficient (Wildman–Crippen LogP) is 0.645. The van der Waals surface area contributed by atoms with Crippen LogP contribution in [0.1, 0.15) is 12.0 Å². The van der Waals surface area contributed by atoms with Gasteiger partial charge in [-0.25, -0.2) is 8.78 Å². The third kappa shape index (κ3) is 3.72. The van der Waals surface area contributed by atoms with Gasteiger partial charge in [-0.1, -0.05) is 0 Å². The van der Waals surface area contributed by atoms with Gasteiger partial charge in [0.15, 0.2) is 0 Å². The highest BCUT2D eigenvalue weighted by Crippen LogP contribution is 2.29. The van der Waals surface area contributed by atoms with Crippen LogP contribution in [-0.4, -0.2) is 42.5 Å². The molecule has 0 amide bonds. The molecule has 0 aliphatic heterocycles. The van der Waals surface area contributed by atoms with Gasteiger partial charge < -0.3 is 20.7 Å². The fraction of sp³-hybridized carbons (Fsp3) is 0.462. The number of hydrogen-bond donors (Lipinski definition) is 3. The monoisotopic (exact) mass is 289 g/mol. The lowest BCUT2D eigenvalue weighted by molar-refractivity contribution is -0.144. The number of aliphatic hydroxyl groups is 1. The molecule has 4 N–H and O–H groups in total. The Hall–Kier alpha value is -1.57. The summed E-state index contributed by atoms with van der Waals surface area (Å²) in [5, 5.41) is 18.0. The van der Waals surface area contributed by atoms with E-state index in [0.717, 1.165) is 12.1 Å². The quantitative estimate of drug-likeness (QED) is 0.611. The zero-order valence-corrected chi connectivity index (χ0v) is 10.8. The Labute approximate surface area is 115 Å². The van der Waals surface area contributed by atoms with Gasteiger partial charge in [0.25, 0.3) is 0 Å². The van der Waals surface area contributed by atoms with E-state index < -0.39 is 23.0 Å². The standard InChI is InChI=1S/C13H17F2NO4/c14-10-5-9(6-11(15)7-10)13(8-16,12(18)19)1-3-20-4-2-17/h5-7,17H,1-4,8,16H2,(H,18,19). The van der Waals surface area contributed by atoms with Gasteiger partial charge in [0, 0.05) is 19.2 Å². The number of rotatable bonds is 8. The molecule has 0 bridgehead atoms. The molecule has 1 aromatic carbocycles. The molecule has 0 aliphatic rings. The van der Waals surface area contributed by atoms with Crippen molar-refractivity contribution in [3.63, 3.8) is 0 Å². The van der Waals surface area contributed by atoms with Crippen LogP contribution in [-0.2, 0) is 14.9 Å². The zero-order chi connectivity index (χ0) is 15.2. The molecule has 0 fully saturated rings. The van der Waals surface area contributed by atoms with Crippen LogP contribution in [0, 0.1) is 11.6 Å². The van der Waals surface area contributed by atoms with Crippen molar-refractivity contribution in [2.75, 3.05) is 26.4 Å². The highest BCUT2D eigenvalue weighted by molar-refractivity contribution is 5.81. The van der Waals surface area contributed by atoms with E-state index in [1.807, 2.05) is 0 Å². The summed E-state index contributed by atoms with van der Waals surface area (Å²) >= 11 is 0. The fourth-order valence-corrected chi connectivity index (χ4v) is 1.93. The van der Waals surface area contributed by atoms with Crippen LogP contribution in [0.3, 0.4) is 0 Å². The molecule has 1 aromatic rings. The van der Waals surface area contributed by atoms with Crippen molar-refractivity contribution in [1.82, 2.24) is 0 Å². The van der Waals surface area contributed by atoms with Crippen molar-refractivity contribution < 1.29 is 28.5 Å². The van der Waals surface area contributed by atoms with E-state index >= 15 is 0 Å². The number of ether oxygens (including phenoxy) is 1. The highest BCUT2D eigenvalue weighted by atomic mass is 19.1. The summed E-state index contributed by atoms with van der Waals surface area (Å²) in [6.07, 6.45) is -0.0538. The SMILES string of the molecule is NCC(CCOCCO)(C(=O)O)c1cc(F)cc(F)c1. The van der Waals surface area contributed by atoms with Crippen LogP contribution in [0.15, 0.2) is 18.2 Å². The van der Waals surface area contributed by atoms with Crippen molar-refractivity contribution in [3.8, 4) is 0 Å². The third-order valence-electron chi connectivity index (χ3n) is 3.08. The van der Waals surface area contributed by atoms with Crippen LogP contribution in [0.25, 0.3) is 0 Å². The minimum atomic E-state index is -1.63. The van der Waals surface area contributed by atoms with E-state index in [9.17, 15) is 18.7 Å². The lowest BCUT2D eigenvalue weighted by Gasteiger charge is -2.28. The number of carboxylic acids is 1. The third-order valence-corrected chi connectivity index (χ3v) is 3.08. The molecule has 1 unspecified atom stereocenters. The Kier molecular flexibility index (Phi) is 6.00. The average Bonchev–Trinajstić information content (AvgIpc) is 2.37. The topological polar surface area (TPSA) is 92.8 Å². The molecule has 0 saturated heterocycles. The Morgan fingerprint density at radius 2 is 1.85 bits per heavy atom. The minimum absolute atomic E-state index is 0.00217. The molecule has 20 heavy (non-hydrogen) atoms. The zero-order valence-electron chi connectivity index (χ0n) is 10.8. The molecule has 7 heteroatoms. The van der Waals surface area contributed by atoms with Gasteiger partial charge in [-0.2, -0.15) is 0 Å². The summed E-state index contributed by atoms with van der Waals surface area (Å²) < 4.78 is 31.5. The van der Waals surface area contributed by atoms with Crippen LogP contribution in [0.2, 0.25) is 0 Å². The van der Waals surface area contributed by atoms with Gasteiger partial charge in [-0.15, -0.1) is 0 Å². The van der Waals surface area contributed by atoms with Gasteiger partial charge in [-0.3, -0.25) is 4.79 Å². The highest BCUT2D eigenvalue weighted by Gasteiger charge is 2.39. The first-order valence-electron chi connectivity index (χ1n) is 6.05. The van der Waals surface area contributed by atoms with Crippen LogP contribution in [0.4, 0.5) is 8.78 Å². The first-order valence-corrected chi connectivity index (χ1v) is 6.05. The lowest BCUT2D eigenvalue weighted by Crippen LogP contribution is -2.44. The number of benzene rings is 1. The largest absolute Gasteiger partial charge is 0.481 e. The van der Waals surface area contributed by atoms with E-state index in [1.165, 1.54) is 0 Å². The summed E-state index contributed by atoms with van der Waals surface area (Å²) in [5.41, 5.74) is 3.85.